The van der Waals surface area contributed by atoms with Gasteiger partial charge in [-0.2, -0.15) is 0 Å². The summed E-state index contributed by atoms with van der Waals surface area (Å²) >= 11 is 0. The molecule has 0 spiro atoms. The lowest BCUT2D eigenvalue weighted by Gasteiger charge is -2.21. The lowest BCUT2D eigenvalue weighted by atomic mass is 9.91. The van der Waals surface area contributed by atoms with Crippen molar-refractivity contribution in [3.63, 3.8) is 0 Å². The minimum Gasteiger partial charge on any atom is -0.309 e. The van der Waals surface area contributed by atoms with Gasteiger partial charge in [0.25, 0.3) is 0 Å². The molecular formula is C34H23OP. The molecular weight excluding hydrogens is 455 g/mol. The number of benzene rings is 7. The van der Waals surface area contributed by atoms with Gasteiger partial charge < -0.3 is 4.57 Å². The zero-order chi connectivity index (χ0) is 24.1. The van der Waals surface area contributed by atoms with Crippen LogP contribution in [0, 0.1) is 0 Å². The quantitative estimate of drug-likeness (QED) is 0.186. The predicted molar refractivity (Wildman–Crippen MR) is 155 cm³/mol. The van der Waals surface area contributed by atoms with Gasteiger partial charge in [-0.05, 0) is 61.6 Å². The molecule has 0 aromatic heterocycles. The number of hydrogen-bond donors (Lipinski definition) is 0. The summed E-state index contributed by atoms with van der Waals surface area (Å²) in [5.41, 5.74) is 2.21. The summed E-state index contributed by atoms with van der Waals surface area (Å²) in [4.78, 5) is 0. The van der Waals surface area contributed by atoms with Crippen LogP contribution >= 0.6 is 7.14 Å². The van der Waals surface area contributed by atoms with E-state index in [1.54, 1.807) is 0 Å². The summed E-state index contributed by atoms with van der Waals surface area (Å²) in [7, 11) is -3.03. The third-order valence-electron chi connectivity index (χ3n) is 7.25. The van der Waals surface area contributed by atoms with Crippen molar-refractivity contribution in [1.29, 1.82) is 0 Å². The van der Waals surface area contributed by atoms with E-state index >= 15 is 0 Å². The molecule has 0 amide bonds. The van der Waals surface area contributed by atoms with Crippen LogP contribution in [0.1, 0.15) is 0 Å². The van der Waals surface area contributed by atoms with Crippen LogP contribution in [0.25, 0.3) is 43.4 Å². The van der Waals surface area contributed by atoms with Crippen molar-refractivity contribution in [3.05, 3.63) is 140 Å². The van der Waals surface area contributed by atoms with Crippen molar-refractivity contribution in [2.45, 2.75) is 0 Å². The van der Waals surface area contributed by atoms with Gasteiger partial charge in [-0.1, -0.05) is 121 Å². The highest BCUT2D eigenvalue weighted by molar-refractivity contribution is 7.85. The molecule has 0 unspecified atom stereocenters. The second-order valence-electron chi connectivity index (χ2n) is 9.34. The summed E-state index contributed by atoms with van der Waals surface area (Å²) < 4.78 is 14.9. The first-order chi connectivity index (χ1) is 17.7. The van der Waals surface area contributed by atoms with E-state index in [1.165, 1.54) is 32.3 Å². The monoisotopic (exact) mass is 478 g/mol. The molecule has 0 aliphatic carbocycles. The van der Waals surface area contributed by atoms with Crippen molar-refractivity contribution < 1.29 is 4.57 Å². The van der Waals surface area contributed by atoms with Crippen LogP contribution in [0.5, 0.6) is 0 Å². The van der Waals surface area contributed by atoms with Gasteiger partial charge in [0.05, 0.1) is 0 Å². The molecule has 0 N–H and O–H groups in total. The Labute approximate surface area is 210 Å². The zero-order valence-electron chi connectivity index (χ0n) is 19.6. The van der Waals surface area contributed by atoms with E-state index in [-0.39, 0.29) is 0 Å². The Morgan fingerprint density at radius 3 is 1.42 bits per heavy atom. The van der Waals surface area contributed by atoms with Gasteiger partial charge in [0.2, 0.25) is 0 Å². The Kier molecular flexibility index (Phi) is 4.81. The van der Waals surface area contributed by atoms with E-state index < -0.39 is 7.14 Å². The molecule has 0 heterocycles. The Balaban J connectivity index is 1.44. The molecule has 170 valence electrons. The molecule has 1 nitrogen and oxygen atoms in total. The number of rotatable bonds is 4. The maximum Gasteiger partial charge on any atom is 0.171 e. The van der Waals surface area contributed by atoms with Crippen molar-refractivity contribution in [2.75, 3.05) is 0 Å². The molecule has 0 saturated heterocycles. The Morgan fingerprint density at radius 2 is 0.833 bits per heavy atom. The molecule has 2 heteroatoms. The van der Waals surface area contributed by atoms with Crippen LogP contribution < -0.4 is 15.9 Å². The molecule has 0 atom stereocenters. The standard InChI is InChI=1S/C34H23OP/c35-36(30-12-3-1-4-13-30,31-14-5-2-6-15-31)32-16-8-11-26(23-32)29-21-27-19-17-24-9-7-10-25-18-20-28(22-29)34(27)33(24)25/h1-23H. The third kappa shape index (κ3) is 3.21. The van der Waals surface area contributed by atoms with Crippen LogP contribution in [-0.4, -0.2) is 0 Å². The molecule has 36 heavy (non-hydrogen) atoms. The second kappa shape index (κ2) is 8.19. The maximum atomic E-state index is 14.9. The SMILES string of the molecule is O=P(c1ccccc1)(c1ccccc1)c1cccc(-c2cc3ccc4cccc5ccc(c2)c3c45)c1. The topological polar surface area (TPSA) is 17.1 Å². The normalized spacial score (nSPS) is 12.0. The fourth-order valence-electron chi connectivity index (χ4n) is 5.52. The van der Waals surface area contributed by atoms with E-state index in [4.69, 9.17) is 0 Å². The minimum absolute atomic E-state index is 0.850. The summed E-state index contributed by atoms with van der Waals surface area (Å²) in [6, 6.07) is 47.9. The highest BCUT2D eigenvalue weighted by Gasteiger charge is 2.29. The highest BCUT2D eigenvalue weighted by Crippen LogP contribution is 2.43. The summed E-state index contributed by atoms with van der Waals surface area (Å²) in [6.07, 6.45) is 0. The fraction of sp³-hybridized carbons (Fsp3) is 0. The van der Waals surface area contributed by atoms with Crippen LogP contribution in [0.2, 0.25) is 0 Å². The van der Waals surface area contributed by atoms with Gasteiger partial charge in [0.1, 0.15) is 0 Å². The van der Waals surface area contributed by atoms with Gasteiger partial charge in [-0.3, -0.25) is 0 Å². The van der Waals surface area contributed by atoms with Crippen LogP contribution in [-0.2, 0) is 4.57 Å². The van der Waals surface area contributed by atoms with E-state index in [0.717, 1.165) is 27.0 Å². The van der Waals surface area contributed by atoms with Crippen LogP contribution in [0.4, 0.5) is 0 Å². The van der Waals surface area contributed by atoms with Crippen molar-refractivity contribution in [2.24, 2.45) is 0 Å². The third-order valence-corrected chi connectivity index (χ3v) is 10.3. The zero-order valence-corrected chi connectivity index (χ0v) is 20.5. The van der Waals surface area contributed by atoms with Gasteiger partial charge in [0.15, 0.2) is 7.14 Å². The van der Waals surface area contributed by atoms with E-state index in [1.807, 2.05) is 72.8 Å². The first kappa shape index (κ1) is 21.1. The van der Waals surface area contributed by atoms with Crippen LogP contribution in [0.15, 0.2) is 140 Å². The lowest BCUT2D eigenvalue weighted by Crippen LogP contribution is -2.25. The van der Waals surface area contributed by atoms with Gasteiger partial charge in [-0.15, -0.1) is 0 Å². The molecule has 0 saturated carbocycles. The molecule has 7 aromatic rings. The van der Waals surface area contributed by atoms with E-state index in [9.17, 15) is 4.57 Å². The first-order valence-corrected chi connectivity index (χ1v) is 13.9. The van der Waals surface area contributed by atoms with Gasteiger partial charge in [-0.25, -0.2) is 0 Å². The molecule has 7 aromatic carbocycles. The van der Waals surface area contributed by atoms with E-state index in [2.05, 4.69) is 66.7 Å². The van der Waals surface area contributed by atoms with Gasteiger partial charge >= 0.3 is 0 Å². The first-order valence-electron chi connectivity index (χ1n) is 12.2. The number of hydrogen-bond acceptors (Lipinski definition) is 1. The molecule has 0 radical (unpaired) electrons. The molecule has 7 rings (SSSR count). The Hall–Kier alpha value is -4.19. The average molecular weight is 479 g/mol. The van der Waals surface area contributed by atoms with Gasteiger partial charge in [0, 0.05) is 15.9 Å². The molecule has 0 bridgehead atoms. The second-order valence-corrected chi connectivity index (χ2v) is 12.1. The smallest absolute Gasteiger partial charge is 0.171 e. The van der Waals surface area contributed by atoms with Crippen molar-refractivity contribution in [3.8, 4) is 11.1 Å². The fourth-order valence-corrected chi connectivity index (χ4v) is 8.22. The maximum absolute atomic E-state index is 14.9. The average Bonchev–Trinajstić information content (AvgIpc) is 2.96. The summed E-state index contributed by atoms with van der Waals surface area (Å²) in [5.74, 6) is 0. The molecule has 0 aliphatic heterocycles. The lowest BCUT2D eigenvalue weighted by molar-refractivity contribution is 0.592. The largest absolute Gasteiger partial charge is 0.309 e. The van der Waals surface area contributed by atoms with Crippen molar-refractivity contribution in [1.82, 2.24) is 0 Å². The Morgan fingerprint density at radius 1 is 0.361 bits per heavy atom. The molecule has 0 fully saturated rings. The highest BCUT2D eigenvalue weighted by atomic mass is 31.2. The van der Waals surface area contributed by atoms with Crippen molar-refractivity contribution >= 4 is 55.4 Å². The Bertz CT molecular complexity index is 1800. The minimum atomic E-state index is -3.03. The van der Waals surface area contributed by atoms with E-state index in [0.29, 0.717) is 0 Å². The van der Waals surface area contributed by atoms with Crippen LogP contribution in [0.3, 0.4) is 0 Å². The summed E-state index contributed by atoms with van der Waals surface area (Å²) in [5, 5.41) is 10.2. The molecule has 0 aliphatic rings. The predicted octanol–water partition coefficient (Wildman–Crippen LogP) is 7.89. The summed E-state index contributed by atoms with van der Waals surface area (Å²) in [6.45, 7) is 0.